The van der Waals surface area contributed by atoms with Crippen molar-refractivity contribution < 1.29 is 0 Å². The van der Waals surface area contributed by atoms with Crippen LogP contribution in [0.5, 0.6) is 0 Å². The number of nitrogen functional groups attached to an aromatic ring is 1. The topological polar surface area (TPSA) is 43.8 Å². The molecular formula is C17H16IN3. The van der Waals surface area contributed by atoms with Gasteiger partial charge in [-0.25, -0.2) is 4.98 Å². The highest BCUT2D eigenvalue weighted by Crippen LogP contribution is 2.36. The molecule has 4 heteroatoms. The van der Waals surface area contributed by atoms with Gasteiger partial charge in [0, 0.05) is 3.57 Å². The van der Waals surface area contributed by atoms with E-state index in [1.54, 1.807) is 0 Å². The number of hydrogen-bond donors (Lipinski definition) is 1. The van der Waals surface area contributed by atoms with Crippen molar-refractivity contribution in [3.63, 3.8) is 0 Å². The van der Waals surface area contributed by atoms with E-state index in [2.05, 4.69) is 74.6 Å². The van der Waals surface area contributed by atoms with Crippen molar-refractivity contribution >= 4 is 39.6 Å². The Kier molecular flexibility index (Phi) is 3.14. The first-order chi connectivity index (χ1) is 10.2. The first-order valence-electron chi connectivity index (χ1n) is 7.25. The number of anilines is 1. The molecule has 1 aliphatic carbocycles. The summed E-state index contributed by atoms with van der Waals surface area (Å²) in [6.45, 7) is 0. The third kappa shape index (κ3) is 2.12. The molecule has 106 valence electrons. The van der Waals surface area contributed by atoms with Gasteiger partial charge in [0.1, 0.15) is 0 Å². The highest BCUT2D eigenvalue weighted by atomic mass is 127. The summed E-state index contributed by atoms with van der Waals surface area (Å²) in [4.78, 5) is 4.56. The van der Waals surface area contributed by atoms with Gasteiger partial charge in [0.2, 0.25) is 5.95 Å². The molecule has 0 spiro atoms. The summed E-state index contributed by atoms with van der Waals surface area (Å²) in [6, 6.07) is 15.4. The van der Waals surface area contributed by atoms with Gasteiger partial charge in [-0.3, -0.25) is 0 Å². The fraction of sp³-hybridized carbons (Fsp3) is 0.235. The van der Waals surface area contributed by atoms with Gasteiger partial charge in [0.25, 0.3) is 0 Å². The second-order valence-corrected chi connectivity index (χ2v) is 6.83. The number of nitrogens with two attached hydrogens (primary N) is 1. The number of aromatic nitrogens is 2. The van der Waals surface area contributed by atoms with Gasteiger partial charge in [-0.05, 0) is 71.2 Å². The molecule has 0 fully saturated rings. The summed E-state index contributed by atoms with van der Waals surface area (Å²) in [5.41, 5.74) is 11.2. The molecule has 1 heterocycles. The minimum absolute atomic E-state index is 0.306. The fourth-order valence-corrected chi connectivity index (χ4v) is 3.89. The molecule has 2 N–H and O–H groups in total. The number of rotatable bonds is 1. The van der Waals surface area contributed by atoms with Crippen LogP contribution in [0.25, 0.3) is 11.0 Å². The summed E-state index contributed by atoms with van der Waals surface area (Å²) in [7, 11) is 0. The number of imidazole rings is 1. The summed E-state index contributed by atoms with van der Waals surface area (Å²) in [5.74, 6) is 0.619. The van der Waals surface area contributed by atoms with Crippen molar-refractivity contribution in [2.24, 2.45) is 0 Å². The standard InChI is InChI=1S/C17H16IN3/c18-12-8-9-16-14(10-12)20-17(19)21(16)15-7-3-5-11-4-1-2-6-13(11)15/h1-2,4,6,8-10,15H,3,5,7H2,(H2,19,20). The Balaban J connectivity index is 1.94. The van der Waals surface area contributed by atoms with E-state index in [4.69, 9.17) is 5.73 Å². The lowest BCUT2D eigenvalue weighted by Crippen LogP contribution is -2.18. The molecule has 0 saturated heterocycles. The molecule has 0 bridgehead atoms. The minimum Gasteiger partial charge on any atom is -0.369 e. The maximum absolute atomic E-state index is 6.24. The average molecular weight is 389 g/mol. The number of benzene rings is 2. The van der Waals surface area contributed by atoms with Crippen molar-refractivity contribution in [2.75, 3.05) is 5.73 Å². The van der Waals surface area contributed by atoms with Gasteiger partial charge in [0.05, 0.1) is 17.1 Å². The van der Waals surface area contributed by atoms with Crippen LogP contribution in [0.4, 0.5) is 5.95 Å². The number of fused-ring (bicyclic) bond motifs is 2. The Bertz CT molecular complexity index is 822. The zero-order chi connectivity index (χ0) is 14.4. The van der Waals surface area contributed by atoms with Gasteiger partial charge >= 0.3 is 0 Å². The van der Waals surface area contributed by atoms with Crippen LogP contribution < -0.4 is 5.73 Å². The minimum atomic E-state index is 0.306. The predicted molar refractivity (Wildman–Crippen MR) is 94.4 cm³/mol. The van der Waals surface area contributed by atoms with Crippen molar-refractivity contribution in [3.8, 4) is 0 Å². The van der Waals surface area contributed by atoms with Gasteiger partial charge in [-0.15, -0.1) is 0 Å². The number of hydrogen-bond acceptors (Lipinski definition) is 2. The van der Waals surface area contributed by atoms with Crippen molar-refractivity contribution in [3.05, 3.63) is 57.2 Å². The molecule has 21 heavy (non-hydrogen) atoms. The first-order valence-corrected chi connectivity index (χ1v) is 8.32. The molecule has 1 aliphatic rings. The Labute approximate surface area is 137 Å². The monoisotopic (exact) mass is 389 g/mol. The molecule has 3 aromatic rings. The van der Waals surface area contributed by atoms with E-state index in [9.17, 15) is 0 Å². The van der Waals surface area contributed by atoms with Crippen LogP contribution in [0, 0.1) is 3.57 Å². The molecule has 0 amide bonds. The van der Waals surface area contributed by atoms with E-state index in [0.717, 1.165) is 23.9 Å². The van der Waals surface area contributed by atoms with E-state index in [0.29, 0.717) is 12.0 Å². The third-order valence-corrected chi connectivity index (χ3v) is 5.00. The normalized spacial score (nSPS) is 17.9. The van der Waals surface area contributed by atoms with E-state index in [1.807, 2.05) is 0 Å². The van der Waals surface area contributed by atoms with Gasteiger partial charge in [-0.1, -0.05) is 24.3 Å². The Morgan fingerprint density at radius 1 is 1.19 bits per heavy atom. The maximum atomic E-state index is 6.24. The van der Waals surface area contributed by atoms with Gasteiger partial charge in [0.15, 0.2) is 0 Å². The fourth-order valence-electron chi connectivity index (χ4n) is 3.41. The van der Waals surface area contributed by atoms with E-state index < -0.39 is 0 Å². The second kappa shape index (κ2) is 5.02. The van der Waals surface area contributed by atoms with Crippen LogP contribution in [-0.4, -0.2) is 9.55 Å². The molecular weight excluding hydrogens is 373 g/mol. The Morgan fingerprint density at radius 2 is 2.05 bits per heavy atom. The van der Waals surface area contributed by atoms with Crippen molar-refractivity contribution in [1.82, 2.24) is 9.55 Å². The predicted octanol–water partition coefficient (Wildman–Crippen LogP) is 4.15. The van der Waals surface area contributed by atoms with Crippen molar-refractivity contribution in [1.29, 1.82) is 0 Å². The van der Waals surface area contributed by atoms with E-state index in [-0.39, 0.29) is 0 Å². The van der Waals surface area contributed by atoms with Crippen LogP contribution >= 0.6 is 22.6 Å². The number of nitrogens with zero attached hydrogens (tertiary/aromatic N) is 2. The Morgan fingerprint density at radius 3 is 2.95 bits per heavy atom. The lowest BCUT2D eigenvalue weighted by molar-refractivity contribution is 0.504. The largest absolute Gasteiger partial charge is 0.369 e. The zero-order valence-corrected chi connectivity index (χ0v) is 13.7. The molecule has 1 aromatic heterocycles. The van der Waals surface area contributed by atoms with Crippen LogP contribution in [0.1, 0.15) is 30.0 Å². The zero-order valence-electron chi connectivity index (χ0n) is 11.6. The van der Waals surface area contributed by atoms with Gasteiger partial charge < -0.3 is 10.3 Å². The molecule has 0 radical (unpaired) electrons. The number of aryl methyl sites for hydroxylation is 1. The molecule has 3 nitrogen and oxygen atoms in total. The Hall–Kier alpha value is -1.56. The highest BCUT2D eigenvalue weighted by Gasteiger charge is 2.24. The molecule has 1 atom stereocenters. The lowest BCUT2D eigenvalue weighted by atomic mass is 9.87. The molecule has 0 saturated carbocycles. The van der Waals surface area contributed by atoms with Crippen LogP contribution in [0.3, 0.4) is 0 Å². The maximum Gasteiger partial charge on any atom is 0.201 e. The van der Waals surface area contributed by atoms with Gasteiger partial charge in [-0.2, -0.15) is 0 Å². The molecule has 2 aromatic carbocycles. The van der Waals surface area contributed by atoms with Crippen LogP contribution in [0.15, 0.2) is 42.5 Å². The summed E-state index contributed by atoms with van der Waals surface area (Å²) in [6.07, 6.45) is 3.49. The summed E-state index contributed by atoms with van der Waals surface area (Å²) in [5, 5.41) is 0. The SMILES string of the molecule is Nc1nc2cc(I)ccc2n1C1CCCc2ccccc21. The first kappa shape index (κ1) is 13.1. The highest BCUT2D eigenvalue weighted by molar-refractivity contribution is 14.1. The smallest absolute Gasteiger partial charge is 0.201 e. The van der Waals surface area contributed by atoms with Crippen LogP contribution in [0.2, 0.25) is 0 Å². The summed E-state index contributed by atoms with van der Waals surface area (Å²) >= 11 is 2.31. The van der Waals surface area contributed by atoms with E-state index in [1.165, 1.54) is 21.1 Å². The molecule has 0 aliphatic heterocycles. The van der Waals surface area contributed by atoms with Crippen LogP contribution in [-0.2, 0) is 6.42 Å². The molecule has 4 rings (SSSR count). The number of halogens is 1. The second-order valence-electron chi connectivity index (χ2n) is 5.58. The van der Waals surface area contributed by atoms with Crippen molar-refractivity contribution in [2.45, 2.75) is 25.3 Å². The van der Waals surface area contributed by atoms with E-state index >= 15 is 0 Å². The summed E-state index contributed by atoms with van der Waals surface area (Å²) < 4.78 is 3.40. The lowest BCUT2D eigenvalue weighted by Gasteiger charge is -2.27. The average Bonchev–Trinajstić information content (AvgIpc) is 2.81. The third-order valence-electron chi connectivity index (χ3n) is 4.33. The quantitative estimate of drug-likeness (QED) is 0.636. The molecule has 1 unspecified atom stereocenters.